The van der Waals surface area contributed by atoms with Crippen molar-refractivity contribution in [2.24, 2.45) is 0 Å². The molecule has 3 rings (SSSR count). The molecule has 0 aliphatic heterocycles. The molecule has 2 N–H and O–H groups in total. The van der Waals surface area contributed by atoms with Crippen LogP contribution in [0, 0.1) is 11.3 Å². The molecule has 1 aliphatic rings. The summed E-state index contributed by atoms with van der Waals surface area (Å²) in [6, 6.07) is 16.6. The quantitative estimate of drug-likeness (QED) is 0.850. The van der Waals surface area contributed by atoms with Crippen LogP contribution in [0.5, 0.6) is 5.75 Å². The van der Waals surface area contributed by atoms with E-state index in [1.807, 2.05) is 12.1 Å². The second-order valence-corrected chi connectivity index (χ2v) is 6.27. The third kappa shape index (κ3) is 3.65. The highest BCUT2D eigenvalue weighted by atomic mass is 16.5. The van der Waals surface area contributed by atoms with Crippen LogP contribution < -0.4 is 10.1 Å². The third-order valence-corrected chi connectivity index (χ3v) is 4.60. The summed E-state index contributed by atoms with van der Waals surface area (Å²) in [5.41, 5.74) is 1.80. The standard InChI is InChI=1S/C20H20N2O3/c1-25-17-4-2-3-15(11-17)18(23)12-22-19(24)14-5-7-16(8-6-14)20(13-21)9-10-20/h2-8,11,18,23H,9-10,12H2,1H3,(H,22,24). The van der Waals surface area contributed by atoms with E-state index >= 15 is 0 Å². The van der Waals surface area contributed by atoms with Crippen molar-refractivity contribution >= 4 is 5.91 Å². The molecule has 0 aromatic heterocycles. The predicted octanol–water partition coefficient (Wildman–Crippen LogP) is 2.71. The van der Waals surface area contributed by atoms with Gasteiger partial charge in [-0.2, -0.15) is 5.26 Å². The van der Waals surface area contributed by atoms with Crippen LogP contribution in [-0.2, 0) is 5.41 Å². The van der Waals surface area contributed by atoms with Crippen LogP contribution >= 0.6 is 0 Å². The number of hydrogen-bond donors (Lipinski definition) is 2. The highest BCUT2D eigenvalue weighted by molar-refractivity contribution is 5.94. The zero-order valence-corrected chi connectivity index (χ0v) is 14.0. The summed E-state index contributed by atoms with van der Waals surface area (Å²) in [7, 11) is 1.56. The second-order valence-electron chi connectivity index (χ2n) is 6.27. The Morgan fingerprint density at radius 2 is 2.04 bits per heavy atom. The number of amides is 1. The lowest BCUT2D eigenvalue weighted by Gasteiger charge is -2.13. The Labute approximate surface area is 146 Å². The first kappa shape index (κ1) is 17.0. The molecule has 2 aromatic carbocycles. The van der Waals surface area contributed by atoms with Gasteiger partial charge in [0, 0.05) is 12.1 Å². The van der Waals surface area contributed by atoms with Crippen LogP contribution in [0.1, 0.15) is 40.4 Å². The average molecular weight is 336 g/mol. The lowest BCUT2D eigenvalue weighted by molar-refractivity contribution is 0.0916. The zero-order valence-electron chi connectivity index (χ0n) is 14.0. The molecule has 25 heavy (non-hydrogen) atoms. The minimum atomic E-state index is -0.813. The van der Waals surface area contributed by atoms with Crippen molar-refractivity contribution in [3.63, 3.8) is 0 Å². The van der Waals surface area contributed by atoms with Crippen molar-refractivity contribution in [1.29, 1.82) is 5.26 Å². The SMILES string of the molecule is COc1cccc(C(O)CNC(=O)c2ccc(C3(C#N)CC3)cc2)c1. The predicted molar refractivity (Wildman–Crippen MR) is 93.3 cm³/mol. The highest BCUT2D eigenvalue weighted by Crippen LogP contribution is 2.47. The third-order valence-electron chi connectivity index (χ3n) is 4.60. The number of aliphatic hydroxyl groups excluding tert-OH is 1. The number of nitrogens with zero attached hydrogens (tertiary/aromatic N) is 1. The lowest BCUT2D eigenvalue weighted by atomic mass is 9.96. The second kappa shape index (κ2) is 6.96. The van der Waals surface area contributed by atoms with Crippen LogP contribution in [0.15, 0.2) is 48.5 Å². The smallest absolute Gasteiger partial charge is 0.251 e. The van der Waals surface area contributed by atoms with Gasteiger partial charge < -0.3 is 15.2 Å². The van der Waals surface area contributed by atoms with Crippen molar-refractivity contribution < 1.29 is 14.6 Å². The van der Waals surface area contributed by atoms with Crippen molar-refractivity contribution in [2.75, 3.05) is 13.7 Å². The van der Waals surface area contributed by atoms with Gasteiger partial charge in [-0.25, -0.2) is 0 Å². The fraction of sp³-hybridized carbons (Fsp3) is 0.300. The van der Waals surface area contributed by atoms with Gasteiger partial charge in [-0.3, -0.25) is 4.79 Å². The molecule has 1 aliphatic carbocycles. The Morgan fingerprint density at radius 3 is 2.64 bits per heavy atom. The maximum Gasteiger partial charge on any atom is 0.251 e. The molecule has 1 unspecified atom stereocenters. The molecule has 0 radical (unpaired) electrons. The summed E-state index contributed by atoms with van der Waals surface area (Å²) < 4.78 is 5.13. The van der Waals surface area contributed by atoms with Crippen LogP contribution in [0.25, 0.3) is 0 Å². The highest BCUT2D eigenvalue weighted by Gasteiger charge is 2.44. The van der Waals surface area contributed by atoms with E-state index in [1.54, 1.807) is 43.5 Å². The summed E-state index contributed by atoms with van der Waals surface area (Å²) in [6.07, 6.45) is 0.940. The van der Waals surface area contributed by atoms with Crippen LogP contribution in [-0.4, -0.2) is 24.7 Å². The monoisotopic (exact) mass is 336 g/mol. The molecular formula is C20H20N2O3. The minimum Gasteiger partial charge on any atom is -0.497 e. The van der Waals surface area contributed by atoms with Gasteiger partial charge in [0.15, 0.2) is 0 Å². The fourth-order valence-corrected chi connectivity index (χ4v) is 2.79. The maximum atomic E-state index is 12.2. The van der Waals surface area contributed by atoms with Gasteiger partial charge in [0.05, 0.1) is 24.7 Å². The fourth-order valence-electron chi connectivity index (χ4n) is 2.79. The molecule has 5 heteroatoms. The molecule has 2 aromatic rings. The number of benzene rings is 2. The Hall–Kier alpha value is -2.84. The van der Waals surface area contributed by atoms with Crippen molar-refractivity contribution in [1.82, 2.24) is 5.32 Å². The Morgan fingerprint density at radius 1 is 1.32 bits per heavy atom. The molecule has 1 amide bonds. The first-order valence-corrected chi connectivity index (χ1v) is 8.20. The van der Waals surface area contributed by atoms with E-state index in [0.29, 0.717) is 16.9 Å². The van der Waals surface area contributed by atoms with E-state index in [9.17, 15) is 15.2 Å². The molecule has 0 heterocycles. The number of carbonyl (C=O) groups excluding carboxylic acids is 1. The first-order chi connectivity index (χ1) is 12.1. The van der Waals surface area contributed by atoms with E-state index in [4.69, 9.17) is 4.74 Å². The summed E-state index contributed by atoms with van der Waals surface area (Å²) >= 11 is 0. The van der Waals surface area contributed by atoms with E-state index in [2.05, 4.69) is 11.4 Å². The topological polar surface area (TPSA) is 82.3 Å². The molecule has 0 spiro atoms. The lowest BCUT2D eigenvalue weighted by Crippen LogP contribution is -2.28. The first-order valence-electron chi connectivity index (χ1n) is 8.20. The number of aliphatic hydroxyl groups is 1. The molecule has 1 fully saturated rings. The number of carbonyl (C=O) groups is 1. The Bertz CT molecular complexity index is 804. The zero-order chi connectivity index (χ0) is 17.9. The van der Waals surface area contributed by atoms with Gasteiger partial charge >= 0.3 is 0 Å². The van der Waals surface area contributed by atoms with Gasteiger partial charge in [0.1, 0.15) is 5.75 Å². The van der Waals surface area contributed by atoms with E-state index in [0.717, 1.165) is 18.4 Å². The minimum absolute atomic E-state index is 0.107. The van der Waals surface area contributed by atoms with E-state index < -0.39 is 6.10 Å². The van der Waals surface area contributed by atoms with E-state index in [1.165, 1.54) is 0 Å². The summed E-state index contributed by atoms with van der Waals surface area (Å²) in [4.78, 5) is 12.2. The number of ether oxygens (including phenoxy) is 1. The number of methoxy groups -OCH3 is 1. The largest absolute Gasteiger partial charge is 0.497 e. The van der Waals surface area contributed by atoms with E-state index in [-0.39, 0.29) is 17.9 Å². The molecule has 1 atom stereocenters. The summed E-state index contributed by atoms with van der Waals surface area (Å²) in [5, 5.41) is 22.2. The van der Waals surface area contributed by atoms with Gasteiger partial charge in [0.2, 0.25) is 0 Å². The summed E-state index contributed by atoms with van der Waals surface area (Å²) in [6.45, 7) is 0.107. The van der Waals surface area contributed by atoms with Crippen molar-refractivity contribution in [3.8, 4) is 11.8 Å². The van der Waals surface area contributed by atoms with Gasteiger partial charge in [-0.1, -0.05) is 24.3 Å². The maximum absolute atomic E-state index is 12.2. The number of nitrogens with one attached hydrogen (secondary N) is 1. The molecule has 5 nitrogen and oxygen atoms in total. The van der Waals surface area contributed by atoms with Crippen LogP contribution in [0.4, 0.5) is 0 Å². The van der Waals surface area contributed by atoms with Gasteiger partial charge in [-0.15, -0.1) is 0 Å². The van der Waals surface area contributed by atoms with Gasteiger partial charge in [-0.05, 0) is 48.2 Å². The molecule has 0 saturated heterocycles. The molecule has 128 valence electrons. The normalized spacial score (nSPS) is 15.7. The number of rotatable bonds is 6. The molecule has 0 bridgehead atoms. The summed E-state index contributed by atoms with van der Waals surface area (Å²) in [5.74, 6) is 0.403. The average Bonchev–Trinajstić information content (AvgIpc) is 3.47. The van der Waals surface area contributed by atoms with Crippen LogP contribution in [0.2, 0.25) is 0 Å². The van der Waals surface area contributed by atoms with Crippen molar-refractivity contribution in [3.05, 3.63) is 65.2 Å². The molecule has 1 saturated carbocycles. The number of nitriles is 1. The van der Waals surface area contributed by atoms with Crippen molar-refractivity contribution in [2.45, 2.75) is 24.4 Å². The van der Waals surface area contributed by atoms with Crippen LogP contribution in [0.3, 0.4) is 0 Å². The number of hydrogen-bond acceptors (Lipinski definition) is 4. The molecular weight excluding hydrogens is 316 g/mol. The Kier molecular flexibility index (Phi) is 4.73. The van der Waals surface area contributed by atoms with Gasteiger partial charge in [0.25, 0.3) is 5.91 Å². The Balaban J connectivity index is 1.59.